The standard InChI is InChI=1S/C18H21NO4S/c1-4-24(20,21)19(13-15-5-9-17(22-2)10-6-15)14-16-7-11-18(23-3)12-8-16/h4-12H,1,13-14H2,2-3H3. The van der Waals surface area contributed by atoms with Crippen molar-refractivity contribution >= 4 is 10.0 Å². The minimum atomic E-state index is -3.55. The van der Waals surface area contributed by atoms with Gasteiger partial charge in [-0.3, -0.25) is 0 Å². The fraction of sp³-hybridized carbons (Fsp3) is 0.222. The second-order valence-electron chi connectivity index (χ2n) is 5.18. The summed E-state index contributed by atoms with van der Waals surface area (Å²) >= 11 is 0. The molecule has 0 N–H and O–H groups in total. The number of sulfonamides is 1. The lowest BCUT2D eigenvalue weighted by Gasteiger charge is -2.20. The highest BCUT2D eigenvalue weighted by Crippen LogP contribution is 2.19. The number of ether oxygens (including phenoxy) is 2. The molecule has 0 radical (unpaired) electrons. The Bertz CT molecular complexity index is 718. The van der Waals surface area contributed by atoms with Crippen molar-refractivity contribution in [2.45, 2.75) is 13.1 Å². The Morgan fingerprint density at radius 2 is 1.25 bits per heavy atom. The summed E-state index contributed by atoms with van der Waals surface area (Å²) in [5.41, 5.74) is 1.74. The third kappa shape index (κ3) is 4.59. The normalized spacial score (nSPS) is 11.3. The van der Waals surface area contributed by atoms with Gasteiger partial charge in [-0.05, 0) is 35.4 Å². The van der Waals surface area contributed by atoms with Crippen LogP contribution in [0.25, 0.3) is 0 Å². The molecule has 0 aliphatic carbocycles. The predicted octanol–water partition coefficient (Wildman–Crippen LogP) is 3.18. The van der Waals surface area contributed by atoms with Gasteiger partial charge in [0.2, 0.25) is 10.0 Å². The summed E-state index contributed by atoms with van der Waals surface area (Å²) in [4.78, 5) is 0. The van der Waals surface area contributed by atoms with Gasteiger partial charge < -0.3 is 9.47 Å². The van der Waals surface area contributed by atoms with Crippen molar-refractivity contribution in [3.05, 3.63) is 71.6 Å². The summed E-state index contributed by atoms with van der Waals surface area (Å²) in [7, 11) is -0.372. The van der Waals surface area contributed by atoms with Crippen molar-refractivity contribution in [1.29, 1.82) is 0 Å². The SMILES string of the molecule is C=CS(=O)(=O)N(Cc1ccc(OC)cc1)Cc1ccc(OC)cc1. The number of methoxy groups -OCH3 is 2. The molecule has 128 valence electrons. The van der Waals surface area contributed by atoms with Gasteiger partial charge in [0.1, 0.15) is 11.5 Å². The average molecular weight is 347 g/mol. The summed E-state index contributed by atoms with van der Waals surface area (Å²) in [6.45, 7) is 3.93. The maximum atomic E-state index is 12.3. The zero-order valence-corrected chi connectivity index (χ0v) is 14.6. The van der Waals surface area contributed by atoms with Gasteiger partial charge in [0, 0.05) is 18.5 Å². The fourth-order valence-electron chi connectivity index (χ4n) is 2.21. The van der Waals surface area contributed by atoms with Crippen LogP contribution in [0.3, 0.4) is 0 Å². The third-order valence-corrected chi connectivity index (χ3v) is 5.01. The Hall–Kier alpha value is -2.31. The summed E-state index contributed by atoms with van der Waals surface area (Å²) < 4.78 is 36.2. The van der Waals surface area contributed by atoms with E-state index in [2.05, 4.69) is 6.58 Å². The molecule has 6 heteroatoms. The van der Waals surface area contributed by atoms with Crippen molar-refractivity contribution in [1.82, 2.24) is 4.31 Å². The molecule has 2 aromatic carbocycles. The molecule has 0 aliphatic rings. The van der Waals surface area contributed by atoms with Gasteiger partial charge in [0.05, 0.1) is 14.2 Å². The van der Waals surface area contributed by atoms with Crippen LogP contribution >= 0.6 is 0 Å². The number of hydrogen-bond acceptors (Lipinski definition) is 4. The van der Waals surface area contributed by atoms with Crippen molar-refractivity contribution in [3.8, 4) is 11.5 Å². The summed E-state index contributed by atoms with van der Waals surface area (Å²) in [5, 5.41) is 0.972. The number of benzene rings is 2. The predicted molar refractivity (Wildman–Crippen MR) is 94.4 cm³/mol. The van der Waals surface area contributed by atoms with E-state index in [4.69, 9.17) is 9.47 Å². The fourth-order valence-corrected chi connectivity index (χ4v) is 3.08. The lowest BCUT2D eigenvalue weighted by molar-refractivity contribution is 0.402. The van der Waals surface area contributed by atoms with Gasteiger partial charge >= 0.3 is 0 Å². The first-order valence-electron chi connectivity index (χ1n) is 7.37. The van der Waals surface area contributed by atoms with Crippen LogP contribution in [0.4, 0.5) is 0 Å². The van der Waals surface area contributed by atoms with Crippen LogP contribution in [-0.4, -0.2) is 26.9 Å². The quantitative estimate of drug-likeness (QED) is 0.736. The van der Waals surface area contributed by atoms with Crippen molar-refractivity contribution in [2.24, 2.45) is 0 Å². The molecule has 0 saturated carbocycles. The van der Waals surface area contributed by atoms with E-state index in [9.17, 15) is 8.42 Å². The average Bonchev–Trinajstić information content (AvgIpc) is 2.62. The molecule has 0 bridgehead atoms. The lowest BCUT2D eigenvalue weighted by Crippen LogP contribution is -2.28. The molecular formula is C18H21NO4S. The minimum absolute atomic E-state index is 0.254. The zero-order chi connectivity index (χ0) is 17.6. The molecule has 2 rings (SSSR count). The Labute approximate surface area is 143 Å². The molecule has 0 fully saturated rings. The van der Waals surface area contributed by atoms with E-state index >= 15 is 0 Å². The zero-order valence-electron chi connectivity index (χ0n) is 13.8. The highest BCUT2D eigenvalue weighted by atomic mass is 32.2. The summed E-state index contributed by atoms with van der Waals surface area (Å²) in [5.74, 6) is 1.46. The van der Waals surface area contributed by atoms with E-state index < -0.39 is 10.0 Å². The Kier molecular flexibility index (Phi) is 6.00. The number of nitrogens with zero attached hydrogens (tertiary/aromatic N) is 1. The molecule has 24 heavy (non-hydrogen) atoms. The molecule has 0 spiro atoms. The molecule has 0 aromatic heterocycles. The van der Waals surface area contributed by atoms with E-state index in [0.717, 1.165) is 28.0 Å². The van der Waals surface area contributed by atoms with Gasteiger partial charge in [0.25, 0.3) is 0 Å². The highest BCUT2D eigenvalue weighted by Gasteiger charge is 2.19. The van der Waals surface area contributed by atoms with Crippen molar-refractivity contribution in [3.63, 3.8) is 0 Å². The van der Waals surface area contributed by atoms with Crippen LogP contribution in [0.15, 0.2) is 60.5 Å². The van der Waals surface area contributed by atoms with Gasteiger partial charge in [-0.15, -0.1) is 0 Å². The molecule has 5 nitrogen and oxygen atoms in total. The van der Waals surface area contributed by atoms with E-state index in [0.29, 0.717) is 0 Å². The largest absolute Gasteiger partial charge is 0.497 e. The number of rotatable bonds is 8. The number of hydrogen-bond donors (Lipinski definition) is 0. The first-order valence-corrected chi connectivity index (χ1v) is 8.87. The first-order chi connectivity index (χ1) is 11.5. The Morgan fingerprint density at radius 1 is 0.875 bits per heavy atom. The monoisotopic (exact) mass is 347 g/mol. The minimum Gasteiger partial charge on any atom is -0.497 e. The molecule has 0 amide bonds. The van der Waals surface area contributed by atoms with E-state index in [-0.39, 0.29) is 13.1 Å². The summed E-state index contributed by atoms with van der Waals surface area (Å²) in [6, 6.07) is 14.6. The second kappa shape index (κ2) is 7.99. The van der Waals surface area contributed by atoms with Crippen LogP contribution in [0, 0.1) is 0 Å². The van der Waals surface area contributed by atoms with Crippen LogP contribution in [-0.2, 0) is 23.1 Å². The van der Waals surface area contributed by atoms with Gasteiger partial charge in [-0.1, -0.05) is 30.8 Å². The first kappa shape index (κ1) is 18.0. The maximum absolute atomic E-state index is 12.3. The second-order valence-corrected chi connectivity index (χ2v) is 7.06. The van der Waals surface area contributed by atoms with Crippen LogP contribution in [0.1, 0.15) is 11.1 Å². The third-order valence-electron chi connectivity index (χ3n) is 3.61. The Balaban J connectivity index is 2.22. The van der Waals surface area contributed by atoms with Gasteiger partial charge in [-0.25, -0.2) is 8.42 Å². The molecule has 0 atom stereocenters. The van der Waals surface area contributed by atoms with E-state index in [1.807, 2.05) is 24.3 Å². The molecule has 0 aliphatic heterocycles. The molecule has 2 aromatic rings. The molecule has 0 unspecified atom stereocenters. The van der Waals surface area contributed by atoms with Crippen molar-refractivity contribution < 1.29 is 17.9 Å². The van der Waals surface area contributed by atoms with Crippen LogP contribution in [0.2, 0.25) is 0 Å². The molecular weight excluding hydrogens is 326 g/mol. The molecule has 0 heterocycles. The van der Waals surface area contributed by atoms with Crippen LogP contribution < -0.4 is 9.47 Å². The van der Waals surface area contributed by atoms with E-state index in [1.54, 1.807) is 38.5 Å². The van der Waals surface area contributed by atoms with Crippen molar-refractivity contribution in [2.75, 3.05) is 14.2 Å². The topological polar surface area (TPSA) is 55.8 Å². The van der Waals surface area contributed by atoms with Gasteiger partial charge in [-0.2, -0.15) is 4.31 Å². The smallest absolute Gasteiger partial charge is 0.236 e. The lowest BCUT2D eigenvalue weighted by atomic mass is 10.2. The summed E-state index contributed by atoms with van der Waals surface area (Å²) in [6.07, 6.45) is 0. The van der Waals surface area contributed by atoms with Gasteiger partial charge in [0.15, 0.2) is 0 Å². The highest BCUT2D eigenvalue weighted by molar-refractivity contribution is 7.91. The maximum Gasteiger partial charge on any atom is 0.236 e. The Morgan fingerprint density at radius 3 is 1.54 bits per heavy atom. The van der Waals surface area contributed by atoms with Crippen LogP contribution in [0.5, 0.6) is 11.5 Å². The molecule has 0 saturated heterocycles. The van der Waals surface area contributed by atoms with E-state index in [1.165, 1.54) is 4.31 Å².